The standard InChI is InChI=1S/C14H18N4O2/c1-2-11-13(18-15)16-9-17-14(11)20-12-6-4-3-5-10(12)7-8-19/h3-6,9,19H,2,7-8,15H2,1H3,(H,16,17,18). The second-order valence-corrected chi connectivity index (χ2v) is 4.19. The number of nitrogens with two attached hydrogens (primary N) is 1. The number of ether oxygens (including phenoxy) is 1. The van der Waals surface area contributed by atoms with E-state index in [0.717, 1.165) is 11.1 Å². The van der Waals surface area contributed by atoms with Crippen LogP contribution in [0.4, 0.5) is 5.82 Å². The summed E-state index contributed by atoms with van der Waals surface area (Å²) in [6, 6.07) is 7.55. The highest BCUT2D eigenvalue weighted by Gasteiger charge is 2.12. The minimum absolute atomic E-state index is 0.0698. The van der Waals surface area contributed by atoms with Crippen LogP contribution in [0.1, 0.15) is 18.1 Å². The fourth-order valence-corrected chi connectivity index (χ4v) is 1.96. The molecule has 4 N–H and O–H groups in total. The number of nitrogens with one attached hydrogen (secondary N) is 1. The number of aliphatic hydroxyl groups is 1. The average Bonchev–Trinajstić information content (AvgIpc) is 2.49. The van der Waals surface area contributed by atoms with Crippen LogP contribution in [0.2, 0.25) is 0 Å². The molecule has 0 atom stereocenters. The molecule has 0 saturated heterocycles. The molecule has 0 fully saturated rings. The molecule has 6 nitrogen and oxygen atoms in total. The Kier molecular flexibility index (Phi) is 4.86. The Morgan fingerprint density at radius 3 is 2.80 bits per heavy atom. The Hall–Kier alpha value is -2.18. The van der Waals surface area contributed by atoms with Gasteiger partial charge in [-0.25, -0.2) is 15.8 Å². The van der Waals surface area contributed by atoms with Crippen molar-refractivity contribution in [2.75, 3.05) is 12.0 Å². The maximum absolute atomic E-state index is 9.09. The summed E-state index contributed by atoms with van der Waals surface area (Å²) in [6.07, 6.45) is 2.63. The first-order valence-electron chi connectivity index (χ1n) is 6.47. The number of hydrogen-bond donors (Lipinski definition) is 3. The number of anilines is 1. The number of nitrogens with zero attached hydrogens (tertiary/aromatic N) is 2. The first-order valence-corrected chi connectivity index (χ1v) is 6.47. The molecule has 0 radical (unpaired) electrons. The molecule has 1 heterocycles. The lowest BCUT2D eigenvalue weighted by atomic mass is 10.1. The lowest BCUT2D eigenvalue weighted by molar-refractivity contribution is 0.297. The van der Waals surface area contributed by atoms with Gasteiger partial charge in [0, 0.05) is 6.61 Å². The van der Waals surface area contributed by atoms with Crippen LogP contribution < -0.4 is 16.0 Å². The van der Waals surface area contributed by atoms with Crippen LogP contribution in [0, 0.1) is 0 Å². The average molecular weight is 274 g/mol. The maximum atomic E-state index is 9.09. The van der Waals surface area contributed by atoms with Crippen molar-refractivity contribution in [1.29, 1.82) is 0 Å². The van der Waals surface area contributed by atoms with Gasteiger partial charge in [0.25, 0.3) is 0 Å². The summed E-state index contributed by atoms with van der Waals surface area (Å²) in [7, 11) is 0. The first kappa shape index (κ1) is 14.2. The van der Waals surface area contributed by atoms with E-state index in [1.54, 1.807) is 0 Å². The number of aromatic nitrogens is 2. The Bertz CT molecular complexity index is 575. The van der Waals surface area contributed by atoms with Gasteiger partial charge in [0.15, 0.2) is 0 Å². The van der Waals surface area contributed by atoms with Crippen molar-refractivity contribution in [2.24, 2.45) is 5.84 Å². The number of aliphatic hydroxyl groups excluding tert-OH is 1. The Balaban J connectivity index is 2.35. The summed E-state index contributed by atoms with van der Waals surface area (Å²) in [4.78, 5) is 8.23. The van der Waals surface area contributed by atoms with E-state index in [4.69, 9.17) is 15.7 Å². The van der Waals surface area contributed by atoms with Gasteiger partial charge in [0.05, 0.1) is 5.56 Å². The summed E-state index contributed by atoms with van der Waals surface area (Å²) >= 11 is 0. The predicted octanol–water partition coefficient (Wildman–Crippen LogP) is 1.65. The van der Waals surface area contributed by atoms with Gasteiger partial charge >= 0.3 is 0 Å². The van der Waals surface area contributed by atoms with Crippen LogP contribution in [-0.4, -0.2) is 21.7 Å². The summed E-state index contributed by atoms with van der Waals surface area (Å²) in [5.74, 6) is 7.14. The van der Waals surface area contributed by atoms with E-state index in [2.05, 4.69) is 15.4 Å². The molecule has 106 valence electrons. The third-order valence-corrected chi connectivity index (χ3v) is 2.96. The smallest absolute Gasteiger partial charge is 0.227 e. The Morgan fingerprint density at radius 2 is 2.10 bits per heavy atom. The zero-order valence-corrected chi connectivity index (χ0v) is 11.3. The fourth-order valence-electron chi connectivity index (χ4n) is 1.96. The third kappa shape index (κ3) is 3.04. The number of benzene rings is 1. The van der Waals surface area contributed by atoms with E-state index < -0.39 is 0 Å². The number of para-hydroxylation sites is 1. The zero-order chi connectivity index (χ0) is 14.4. The van der Waals surface area contributed by atoms with E-state index in [9.17, 15) is 0 Å². The molecule has 0 aliphatic heterocycles. The second-order valence-electron chi connectivity index (χ2n) is 4.19. The number of nitrogen functional groups attached to an aromatic ring is 1. The molecule has 0 bridgehead atoms. The van der Waals surface area contributed by atoms with Gasteiger partial charge in [-0.1, -0.05) is 25.1 Å². The molecule has 2 rings (SSSR count). The summed E-state index contributed by atoms with van der Waals surface area (Å²) in [5.41, 5.74) is 4.28. The summed E-state index contributed by atoms with van der Waals surface area (Å²) in [6.45, 7) is 2.05. The molecule has 0 aliphatic rings. The van der Waals surface area contributed by atoms with Gasteiger partial charge in [-0.3, -0.25) is 0 Å². The zero-order valence-electron chi connectivity index (χ0n) is 11.3. The van der Waals surface area contributed by atoms with E-state index in [-0.39, 0.29) is 6.61 Å². The minimum Gasteiger partial charge on any atom is -0.438 e. The minimum atomic E-state index is 0.0698. The van der Waals surface area contributed by atoms with E-state index >= 15 is 0 Å². The summed E-state index contributed by atoms with van der Waals surface area (Å²) in [5, 5.41) is 9.09. The lowest BCUT2D eigenvalue weighted by Gasteiger charge is -2.13. The van der Waals surface area contributed by atoms with Crippen molar-refractivity contribution < 1.29 is 9.84 Å². The normalized spacial score (nSPS) is 10.3. The first-order chi connectivity index (χ1) is 9.80. The SMILES string of the molecule is CCc1c(NN)ncnc1Oc1ccccc1CCO. The molecule has 0 unspecified atom stereocenters. The van der Waals surface area contributed by atoms with Crippen LogP contribution in [0.5, 0.6) is 11.6 Å². The van der Waals surface area contributed by atoms with Gasteiger partial charge in [-0.05, 0) is 24.5 Å². The van der Waals surface area contributed by atoms with Gasteiger partial charge in [0.1, 0.15) is 17.9 Å². The van der Waals surface area contributed by atoms with Crippen LogP contribution in [-0.2, 0) is 12.8 Å². The summed E-state index contributed by atoms with van der Waals surface area (Å²) < 4.78 is 5.87. The van der Waals surface area contributed by atoms with E-state index in [0.29, 0.717) is 30.3 Å². The van der Waals surface area contributed by atoms with Crippen molar-refractivity contribution in [3.8, 4) is 11.6 Å². The largest absolute Gasteiger partial charge is 0.438 e. The van der Waals surface area contributed by atoms with Gasteiger partial charge in [0.2, 0.25) is 5.88 Å². The van der Waals surface area contributed by atoms with Crippen LogP contribution >= 0.6 is 0 Å². The van der Waals surface area contributed by atoms with Crippen LogP contribution in [0.3, 0.4) is 0 Å². The Labute approximate surface area is 117 Å². The van der Waals surface area contributed by atoms with Crippen molar-refractivity contribution in [1.82, 2.24) is 9.97 Å². The molecular formula is C14H18N4O2. The molecule has 0 aliphatic carbocycles. The molecule has 0 saturated carbocycles. The van der Waals surface area contributed by atoms with Gasteiger partial charge in [-0.2, -0.15) is 0 Å². The third-order valence-electron chi connectivity index (χ3n) is 2.96. The van der Waals surface area contributed by atoms with E-state index in [1.807, 2.05) is 31.2 Å². The molecule has 20 heavy (non-hydrogen) atoms. The van der Waals surface area contributed by atoms with Gasteiger partial charge in [-0.15, -0.1) is 0 Å². The Morgan fingerprint density at radius 1 is 1.30 bits per heavy atom. The maximum Gasteiger partial charge on any atom is 0.227 e. The van der Waals surface area contributed by atoms with E-state index in [1.165, 1.54) is 6.33 Å². The highest BCUT2D eigenvalue weighted by molar-refractivity contribution is 5.49. The fraction of sp³-hybridized carbons (Fsp3) is 0.286. The quantitative estimate of drug-likeness (QED) is 0.548. The monoisotopic (exact) mass is 274 g/mol. The van der Waals surface area contributed by atoms with Crippen molar-refractivity contribution in [3.05, 3.63) is 41.7 Å². The molecule has 0 amide bonds. The van der Waals surface area contributed by atoms with Crippen LogP contribution in [0.15, 0.2) is 30.6 Å². The lowest BCUT2D eigenvalue weighted by Crippen LogP contribution is -2.12. The van der Waals surface area contributed by atoms with Crippen molar-refractivity contribution in [3.63, 3.8) is 0 Å². The topological polar surface area (TPSA) is 93.3 Å². The second kappa shape index (κ2) is 6.83. The molecule has 1 aromatic heterocycles. The molecule has 1 aromatic carbocycles. The molecule has 2 aromatic rings. The highest BCUT2D eigenvalue weighted by atomic mass is 16.5. The highest BCUT2D eigenvalue weighted by Crippen LogP contribution is 2.29. The van der Waals surface area contributed by atoms with Gasteiger partial charge < -0.3 is 15.3 Å². The van der Waals surface area contributed by atoms with Crippen LogP contribution in [0.25, 0.3) is 0 Å². The number of rotatable bonds is 6. The van der Waals surface area contributed by atoms with Crippen molar-refractivity contribution >= 4 is 5.82 Å². The molecular weight excluding hydrogens is 256 g/mol. The number of hydrogen-bond acceptors (Lipinski definition) is 6. The molecule has 0 spiro atoms. The predicted molar refractivity (Wildman–Crippen MR) is 76.5 cm³/mol. The number of hydrazine groups is 1. The van der Waals surface area contributed by atoms with Crippen molar-refractivity contribution in [2.45, 2.75) is 19.8 Å². The molecule has 6 heteroatoms.